The summed E-state index contributed by atoms with van der Waals surface area (Å²) in [7, 11) is 0. The van der Waals surface area contributed by atoms with Crippen molar-refractivity contribution >= 4 is 10.9 Å². The van der Waals surface area contributed by atoms with E-state index >= 15 is 0 Å². The zero-order chi connectivity index (χ0) is 15.1. The van der Waals surface area contributed by atoms with Gasteiger partial charge >= 0.3 is 0 Å². The molecule has 0 aliphatic carbocycles. The number of nitrogens with one attached hydrogen (secondary N) is 1. The number of halogens is 3. The number of fused-ring (bicyclic) bond motifs is 1. The fourth-order valence-electron chi connectivity index (χ4n) is 2.34. The number of aromatic amines is 1. The number of pyridine rings is 1. The SMILES string of the molecule is Cc1c(-c2ccccc2)[nH]c2cc(F)c(F)c(F)c2c1=O. The lowest BCUT2D eigenvalue weighted by Crippen LogP contribution is -2.12. The zero-order valence-electron chi connectivity index (χ0n) is 11.0. The average Bonchev–Trinajstić information content (AvgIpc) is 2.49. The zero-order valence-corrected chi connectivity index (χ0v) is 11.0. The summed E-state index contributed by atoms with van der Waals surface area (Å²) in [5, 5.41) is -0.467. The molecule has 2 nitrogen and oxygen atoms in total. The molecule has 3 rings (SSSR count). The maximum absolute atomic E-state index is 13.8. The first-order chi connectivity index (χ1) is 10.0. The van der Waals surface area contributed by atoms with Gasteiger partial charge in [0.05, 0.1) is 16.6 Å². The van der Waals surface area contributed by atoms with Crippen molar-refractivity contribution in [3.63, 3.8) is 0 Å². The number of benzene rings is 2. The van der Waals surface area contributed by atoms with Gasteiger partial charge in [0.25, 0.3) is 0 Å². The number of rotatable bonds is 1. The van der Waals surface area contributed by atoms with Crippen molar-refractivity contribution in [3.8, 4) is 11.3 Å². The van der Waals surface area contributed by atoms with Crippen LogP contribution in [0.25, 0.3) is 22.2 Å². The molecule has 2 aromatic carbocycles. The molecule has 0 aliphatic rings. The lowest BCUT2D eigenvalue weighted by atomic mass is 10.0. The maximum Gasteiger partial charge on any atom is 0.195 e. The van der Waals surface area contributed by atoms with Crippen molar-refractivity contribution in [1.29, 1.82) is 0 Å². The van der Waals surface area contributed by atoms with Crippen LogP contribution in [-0.2, 0) is 0 Å². The molecule has 21 heavy (non-hydrogen) atoms. The fraction of sp³-hybridized carbons (Fsp3) is 0.0625. The second-order valence-electron chi connectivity index (χ2n) is 4.73. The summed E-state index contributed by atoms with van der Waals surface area (Å²) in [4.78, 5) is 15.1. The van der Waals surface area contributed by atoms with Gasteiger partial charge in [-0.2, -0.15) is 0 Å². The van der Waals surface area contributed by atoms with E-state index < -0.39 is 28.3 Å². The molecule has 106 valence electrons. The van der Waals surface area contributed by atoms with E-state index in [4.69, 9.17) is 0 Å². The average molecular weight is 289 g/mol. The largest absolute Gasteiger partial charge is 0.354 e. The third-order valence-electron chi connectivity index (χ3n) is 3.43. The van der Waals surface area contributed by atoms with Gasteiger partial charge in [0, 0.05) is 11.6 Å². The lowest BCUT2D eigenvalue weighted by Gasteiger charge is -2.09. The second-order valence-corrected chi connectivity index (χ2v) is 4.73. The van der Waals surface area contributed by atoms with E-state index in [9.17, 15) is 18.0 Å². The molecule has 3 aromatic rings. The van der Waals surface area contributed by atoms with E-state index in [1.54, 1.807) is 24.3 Å². The molecule has 0 saturated carbocycles. The third-order valence-corrected chi connectivity index (χ3v) is 3.43. The molecule has 0 radical (unpaired) electrons. The molecule has 0 aliphatic heterocycles. The Hall–Kier alpha value is -2.56. The van der Waals surface area contributed by atoms with Crippen LogP contribution >= 0.6 is 0 Å². The lowest BCUT2D eigenvalue weighted by molar-refractivity contribution is 0.453. The Bertz CT molecular complexity index is 901. The molecule has 0 atom stereocenters. The van der Waals surface area contributed by atoms with Crippen LogP contribution in [0.2, 0.25) is 0 Å². The molecule has 0 unspecified atom stereocenters. The Balaban J connectivity index is 2.44. The molecular formula is C16H10F3NO. The topological polar surface area (TPSA) is 32.9 Å². The highest BCUT2D eigenvalue weighted by Gasteiger charge is 2.19. The summed E-state index contributed by atoms with van der Waals surface area (Å²) >= 11 is 0. The second kappa shape index (κ2) is 4.77. The van der Waals surface area contributed by atoms with Crippen molar-refractivity contribution in [3.05, 3.63) is 69.6 Å². The highest BCUT2D eigenvalue weighted by molar-refractivity contribution is 5.83. The van der Waals surface area contributed by atoms with Gasteiger partial charge < -0.3 is 4.98 Å². The minimum atomic E-state index is -1.64. The minimum absolute atomic E-state index is 0.0687. The van der Waals surface area contributed by atoms with Crippen molar-refractivity contribution in [2.45, 2.75) is 6.92 Å². The van der Waals surface area contributed by atoms with Crippen molar-refractivity contribution in [2.75, 3.05) is 0 Å². The maximum atomic E-state index is 13.8. The van der Waals surface area contributed by atoms with Crippen LogP contribution in [0.5, 0.6) is 0 Å². The van der Waals surface area contributed by atoms with E-state index in [1.807, 2.05) is 6.07 Å². The minimum Gasteiger partial charge on any atom is -0.354 e. The summed E-state index contributed by atoms with van der Waals surface area (Å²) in [6.07, 6.45) is 0. The monoisotopic (exact) mass is 289 g/mol. The van der Waals surface area contributed by atoms with E-state index in [0.29, 0.717) is 11.3 Å². The summed E-state index contributed by atoms with van der Waals surface area (Å²) in [6.45, 7) is 1.52. The third kappa shape index (κ3) is 2.01. The molecule has 5 heteroatoms. The number of hydrogen-bond donors (Lipinski definition) is 1. The van der Waals surface area contributed by atoms with Crippen LogP contribution in [0.15, 0.2) is 41.2 Å². The van der Waals surface area contributed by atoms with Gasteiger partial charge in [-0.3, -0.25) is 4.79 Å². The van der Waals surface area contributed by atoms with Crippen molar-refractivity contribution < 1.29 is 13.2 Å². The fourth-order valence-corrected chi connectivity index (χ4v) is 2.34. The Morgan fingerprint density at radius 1 is 1.00 bits per heavy atom. The van der Waals surface area contributed by atoms with Crippen LogP contribution in [0.1, 0.15) is 5.56 Å². The number of aromatic nitrogens is 1. The Morgan fingerprint density at radius 2 is 1.67 bits per heavy atom. The highest BCUT2D eigenvalue weighted by Crippen LogP contribution is 2.25. The molecule has 0 bridgehead atoms. The molecule has 1 heterocycles. The first kappa shape index (κ1) is 13.4. The van der Waals surface area contributed by atoms with Crippen molar-refractivity contribution in [2.24, 2.45) is 0 Å². The molecule has 0 saturated heterocycles. The van der Waals surface area contributed by atoms with Gasteiger partial charge in [0.15, 0.2) is 22.9 Å². The predicted octanol–water partition coefficient (Wildman–Crippen LogP) is 3.92. The van der Waals surface area contributed by atoms with Crippen LogP contribution < -0.4 is 5.43 Å². The standard InChI is InChI=1S/C16H10F3NO/c1-8-15(9-5-3-2-4-6-9)20-11-7-10(17)13(18)14(19)12(11)16(8)21/h2-7H,1H3,(H,20,21). The van der Waals surface area contributed by atoms with E-state index in [1.165, 1.54) is 6.92 Å². The molecule has 1 N–H and O–H groups in total. The number of H-pyrrole nitrogens is 1. The van der Waals surface area contributed by atoms with Gasteiger partial charge in [-0.1, -0.05) is 30.3 Å². The molecule has 0 spiro atoms. The van der Waals surface area contributed by atoms with E-state index in [-0.39, 0.29) is 11.1 Å². The van der Waals surface area contributed by atoms with Gasteiger partial charge in [0.2, 0.25) is 0 Å². The summed E-state index contributed by atoms with van der Waals surface area (Å²) in [5.74, 6) is -4.44. The summed E-state index contributed by atoms with van der Waals surface area (Å²) in [6, 6.07) is 9.70. The van der Waals surface area contributed by atoms with Gasteiger partial charge in [-0.15, -0.1) is 0 Å². The van der Waals surface area contributed by atoms with E-state index in [2.05, 4.69) is 4.98 Å². The first-order valence-corrected chi connectivity index (χ1v) is 6.26. The van der Waals surface area contributed by atoms with Gasteiger partial charge in [0.1, 0.15) is 0 Å². The Morgan fingerprint density at radius 3 is 2.33 bits per heavy atom. The van der Waals surface area contributed by atoms with Crippen molar-refractivity contribution in [1.82, 2.24) is 4.98 Å². The quantitative estimate of drug-likeness (QED) is 0.677. The molecule has 0 amide bonds. The van der Waals surface area contributed by atoms with Crippen LogP contribution in [0, 0.1) is 24.4 Å². The molecule has 1 aromatic heterocycles. The van der Waals surface area contributed by atoms with Crippen LogP contribution in [-0.4, -0.2) is 4.98 Å². The highest BCUT2D eigenvalue weighted by atomic mass is 19.2. The smallest absolute Gasteiger partial charge is 0.195 e. The van der Waals surface area contributed by atoms with Gasteiger partial charge in [-0.25, -0.2) is 13.2 Å². The molecule has 0 fully saturated rings. The first-order valence-electron chi connectivity index (χ1n) is 6.26. The Labute approximate surface area is 117 Å². The van der Waals surface area contributed by atoms with Gasteiger partial charge in [-0.05, 0) is 12.5 Å². The normalized spacial score (nSPS) is 11.0. The van der Waals surface area contributed by atoms with E-state index in [0.717, 1.165) is 6.07 Å². The van der Waals surface area contributed by atoms with Crippen LogP contribution in [0.4, 0.5) is 13.2 Å². The Kier molecular flexibility index (Phi) is 3.05. The summed E-state index contributed by atoms with van der Waals surface area (Å²) in [5.41, 5.74) is 0.691. The summed E-state index contributed by atoms with van der Waals surface area (Å²) < 4.78 is 40.4. The predicted molar refractivity (Wildman–Crippen MR) is 74.6 cm³/mol. The molecular weight excluding hydrogens is 279 g/mol. The number of hydrogen-bond acceptors (Lipinski definition) is 1. The van der Waals surface area contributed by atoms with Crippen LogP contribution in [0.3, 0.4) is 0 Å².